The van der Waals surface area contributed by atoms with Crippen LogP contribution in [0.4, 0.5) is 0 Å². The van der Waals surface area contributed by atoms with Gasteiger partial charge in [-0.05, 0) is 27.6 Å². The first kappa shape index (κ1) is 13.1. The van der Waals surface area contributed by atoms with Crippen molar-refractivity contribution in [1.82, 2.24) is 0 Å². The molecule has 0 atom stereocenters. The number of hydrogen-bond acceptors (Lipinski definition) is 3. The number of benzene rings is 4. The van der Waals surface area contributed by atoms with Gasteiger partial charge >= 0.3 is 7.32 Å². The molecule has 3 nitrogen and oxygen atoms in total. The Hall–Kier alpha value is -2.56. The highest BCUT2D eigenvalue weighted by Gasteiger charge is 2.17. The predicted octanol–water partition coefficient (Wildman–Crippen LogP) is 3.49. The lowest BCUT2D eigenvalue weighted by molar-refractivity contribution is 0.291. The maximum Gasteiger partial charge on any atom is 0.707 e. The maximum atomic E-state index is 9.27. The van der Waals surface area contributed by atoms with Gasteiger partial charge in [0.25, 0.3) is 0 Å². The van der Waals surface area contributed by atoms with Gasteiger partial charge in [0.05, 0.1) is 0 Å². The number of hydrogen-bond donors (Lipinski definition) is 2. The lowest BCUT2D eigenvalue weighted by Crippen LogP contribution is -2.20. The molecule has 0 saturated heterocycles. The molecule has 0 spiro atoms. The van der Waals surface area contributed by atoms with Crippen molar-refractivity contribution in [2.75, 3.05) is 0 Å². The van der Waals surface area contributed by atoms with E-state index in [4.69, 9.17) is 4.65 Å². The lowest BCUT2D eigenvalue weighted by Gasteiger charge is -2.14. The van der Waals surface area contributed by atoms with Crippen molar-refractivity contribution >= 4 is 39.6 Å². The first-order valence-electron chi connectivity index (χ1n) is 7.10. The Morgan fingerprint density at radius 1 is 0.636 bits per heavy atom. The minimum absolute atomic E-state index is 0.494. The summed E-state index contributed by atoms with van der Waals surface area (Å²) in [5, 5.41) is 24.6. The van der Waals surface area contributed by atoms with E-state index in [1.807, 2.05) is 48.5 Å². The lowest BCUT2D eigenvalue weighted by atomic mass is 9.97. The highest BCUT2D eigenvalue weighted by molar-refractivity contribution is 6.35. The smallest absolute Gasteiger partial charge is 0.511 e. The molecule has 4 aromatic rings. The number of rotatable bonds is 2. The highest BCUT2D eigenvalue weighted by Crippen LogP contribution is 2.38. The van der Waals surface area contributed by atoms with E-state index in [1.54, 1.807) is 0 Å². The third kappa shape index (κ3) is 2.01. The second kappa shape index (κ2) is 5.02. The van der Waals surface area contributed by atoms with Crippen molar-refractivity contribution in [2.24, 2.45) is 0 Å². The monoisotopic (exact) mass is 288 g/mol. The third-order valence-electron chi connectivity index (χ3n) is 3.94. The predicted molar refractivity (Wildman–Crippen MR) is 89.8 cm³/mol. The fourth-order valence-corrected chi connectivity index (χ4v) is 3.01. The van der Waals surface area contributed by atoms with Gasteiger partial charge in [-0.3, -0.25) is 0 Å². The van der Waals surface area contributed by atoms with Crippen LogP contribution in [0, 0.1) is 0 Å². The first-order valence-corrected chi connectivity index (χ1v) is 7.10. The van der Waals surface area contributed by atoms with Crippen molar-refractivity contribution in [2.45, 2.75) is 0 Å². The summed E-state index contributed by atoms with van der Waals surface area (Å²) < 4.78 is 5.30. The largest absolute Gasteiger partial charge is 0.707 e. The fourth-order valence-electron chi connectivity index (χ4n) is 3.01. The average molecular weight is 288 g/mol. The van der Waals surface area contributed by atoms with E-state index < -0.39 is 7.32 Å². The van der Waals surface area contributed by atoms with E-state index in [0.29, 0.717) is 5.75 Å². The maximum absolute atomic E-state index is 9.27. The summed E-state index contributed by atoms with van der Waals surface area (Å²) in [5.74, 6) is 0.494. The molecule has 2 N–H and O–H groups in total. The van der Waals surface area contributed by atoms with Crippen LogP contribution in [0.2, 0.25) is 0 Å². The molecule has 0 unspecified atom stereocenters. The van der Waals surface area contributed by atoms with Crippen LogP contribution in [0.5, 0.6) is 5.75 Å². The highest BCUT2D eigenvalue weighted by atomic mass is 16.6. The minimum Gasteiger partial charge on any atom is -0.511 e. The summed E-state index contributed by atoms with van der Waals surface area (Å²) in [6.45, 7) is 0. The summed E-state index contributed by atoms with van der Waals surface area (Å²) in [5.41, 5.74) is 0. The van der Waals surface area contributed by atoms with E-state index >= 15 is 0 Å². The Morgan fingerprint density at radius 2 is 1.32 bits per heavy atom. The van der Waals surface area contributed by atoms with Gasteiger partial charge in [-0.25, -0.2) is 0 Å². The van der Waals surface area contributed by atoms with Crippen LogP contribution in [-0.2, 0) is 0 Å². The SMILES string of the molecule is OB(O)Oc1c2ccccc2cc2c1ccc1ccccc12. The van der Waals surface area contributed by atoms with Crippen LogP contribution < -0.4 is 4.65 Å². The molecular formula is C18H13BO3. The number of fused-ring (bicyclic) bond motifs is 4. The Labute approximate surface area is 127 Å². The van der Waals surface area contributed by atoms with Crippen LogP contribution in [0.25, 0.3) is 32.3 Å². The van der Waals surface area contributed by atoms with Crippen molar-refractivity contribution in [3.8, 4) is 5.75 Å². The normalized spacial score (nSPS) is 11.2. The van der Waals surface area contributed by atoms with Gasteiger partial charge in [-0.1, -0.05) is 60.7 Å². The zero-order valence-corrected chi connectivity index (χ0v) is 11.7. The minimum atomic E-state index is -1.85. The van der Waals surface area contributed by atoms with Crippen molar-refractivity contribution in [3.63, 3.8) is 0 Å². The summed E-state index contributed by atoms with van der Waals surface area (Å²) >= 11 is 0. The van der Waals surface area contributed by atoms with Crippen LogP contribution in [-0.4, -0.2) is 17.4 Å². The van der Waals surface area contributed by atoms with Crippen LogP contribution >= 0.6 is 0 Å². The van der Waals surface area contributed by atoms with E-state index in [9.17, 15) is 10.0 Å². The molecule has 0 radical (unpaired) electrons. The third-order valence-corrected chi connectivity index (χ3v) is 3.94. The van der Waals surface area contributed by atoms with E-state index in [-0.39, 0.29) is 0 Å². The summed E-state index contributed by atoms with van der Waals surface area (Å²) in [7, 11) is -1.85. The molecule has 106 valence electrons. The second-order valence-electron chi connectivity index (χ2n) is 5.25. The Morgan fingerprint density at radius 3 is 2.09 bits per heavy atom. The molecular weight excluding hydrogens is 275 g/mol. The average Bonchev–Trinajstić information content (AvgIpc) is 2.54. The van der Waals surface area contributed by atoms with Gasteiger partial charge in [-0.2, -0.15) is 0 Å². The summed E-state index contributed by atoms with van der Waals surface area (Å²) in [6.07, 6.45) is 0. The topological polar surface area (TPSA) is 49.7 Å². The molecule has 0 heterocycles. The second-order valence-corrected chi connectivity index (χ2v) is 5.25. The van der Waals surface area contributed by atoms with E-state index in [2.05, 4.69) is 18.2 Å². The molecule has 0 aliphatic rings. The van der Waals surface area contributed by atoms with E-state index in [1.165, 1.54) is 0 Å². The standard InChI is InChI=1S/C18H13BO3/c20-19(21)22-18-15-8-4-2-6-13(15)11-17-14-7-3-1-5-12(14)9-10-16(17)18/h1-11,20-21H. The molecule has 0 aliphatic carbocycles. The van der Waals surface area contributed by atoms with Gasteiger partial charge in [0, 0.05) is 10.8 Å². The van der Waals surface area contributed by atoms with Crippen molar-refractivity contribution in [3.05, 3.63) is 66.7 Å². The van der Waals surface area contributed by atoms with Crippen LogP contribution in [0.1, 0.15) is 0 Å². The molecule has 0 bridgehead atoms. The Balaban J connectivity index is 2.20. The van der Waals surface area contributed by atoms with Gasteiger partial charge in [-0.15, -0.1) is 0 Å². The van der Waals surface area contributed by atoms with Crippen LogP contribution in [0.3, 0.4) is 0 Å². The molecule has 4 rings (SSSR count). The molecule has 0 saturated carbocycles. The molecule has 4 heteroatoms. The van der Waals surface area contributed by atoms with Gasteiger partial charge < -0.3 is 14.7 Å². The molecule has 0 aromatic heterocycles. The molecule has 0 amide bonds. The van der Waals surface area contributed by atoms with Crippen LogP contribution in [0.15, 0.2) is 66.7 Å². The zero-order chi connectivity index (χ0) is 15.1. The van der Waals surface area contributed by atoms with Crippen molar-refractivity contribution < 1.29 is 14.7 Å². The Bertz CT molecular complexity index is 995. The molecule has 0 fully saturated rings. The first-order chi connectivity index (χ1) is 10.7. The quantitative estimate of drug-likeness (QED) is 0.337. The summed E-state index contributed by atoms with van der Waals surface area (Å²) in [4.78, 5) is 0. The van der Waals surface area contributed by atoms with Gasteiger partial charge in [0.2, 0.25) is 0 Å². The molecule has 22 heavy (non-hydrogen) atoms. The fraction of sp³-hybridized carbons (Fsp3) is 0. The summed E-state index contributed by atoms with van der Waals surface area (Å²) in [6, 6.07) is 22.0. The van der Waals surface area contributed by atoms with Gasteiger partial charge in [0.1, 0.15) is 5.75 Å². The molecule has 4 aromatic carbocycles. The van der Waals surface area contributed by atoms with Crippen molar-refractivity contribution in [1.29, 1.82) is 0 Å². The molecule has 0 aliphatic heterocycles. The van der Waals surface area contributed by atoms with E-state index in [0.717, 1.165) is 32.3 Å². The Kier molecular flexibility index (Phi) is 3.00. The zero-order valence-electron chi connectivity index (χ0n) is 11.7. The van der Waals surface area contributed by atoms with Gasteiger partial charge in [0.15, 0.2) is 0 Å².